The molecule has 1 saturated heterocycles. The van der Waals surface area contributed by atoms with Crippen LogP contribution in [0.25, 0.3) is 0 Å². The van der Waals surface area contributed by atoms with Crippen molar-refractivity contribution in [1.29, 1.82) is 0 Å². The van der Waals surface area contributed by atoms with Crippen LogP contribution in [-0.2, 0) is 14.2 Å². The minimum absolute atomic E-state index is 0.317. The molecule has 1 fully saturated rings. The van der Waals surface area contributed by atoms with Crippen molar-refractivity contribution in [3.63, 3.8) is 0 Å². The molecule has 1 atom stereocenters. The molecule has 4 nitrogen and oxygen atoms in total. The van der Waals surface area contributed by atoms with Crippen LogP contribution in [-0.4, -0.2) is 53.2 Å². The molecule has 1 heterocycles. The van der Waals surface area contributed by atoms with Crippen molar-refractivity contribution in [3.05, 3.63) is 0 Å². The fourth-order valence-corrected chi connectivity index (χ4v) is 2.48. The lowest BCUT2D eigenvalue weighted by Crippen LogP contribution is -2.42. The van der Waals surface area contributed by atoms with Gasteiger partial charge >= 0.3 is 0 Å². The normalized spacial score (nSPS) is 21.4. The molecule has 0 aromatic rings. The number of hydrogen-bond donors (Lipinski definition) is 1. The highest BCUT2D eigenvalue weighted by Gasteiger charge is 2.33. The van der Waals surface area contributed by atoms with Crippen LogP contribution in [0.15, 0.2) is 0 Å². The number of rotatable bonds is 8. The van der Waals surface area contributed by atoms with Crippen LogP contribution in [0.5, 0.6) is 0 Å². The molecule has 0 amide bonds. The minimum atomic E-state index is 0.317. The van der Waals surface area contributed by atoms with Gasteiger partial charge in [0.05, 0.1) is 12.7 Å². The van der Waals surface area contributed by atoms with Crippen molar-refractivity contribution in [2.45, 2.75) is 32.3 Å². The Morgan fingerprint density at radius 3 is 2.59 bits per heavy atom. The molecule has 1 rings (SSSR count). The Bertz CT molecular complexity index is 193. The summed E-state index contributed by atoms with van der Waals surface area (Å²) in [6.07, 6.45) is 3.67. The molecule has 1 N–H and O–H groups in total. The molecular formula is C13H27NO3. The lowest BCUT2D eigenvalue weighted by atomic mass is 9.75. The van der Waals surface area contributed by atoms with Crippen molar-refractivity contribution in [3.8, 4) is 0 Å². The van der Waals surface area contributed by atoms with E-state index in [0.29, 0.717) is 11.5 Å². The molecular weight excluding hydrogens is 218 g/mol. The fraction of sp³-hybridized carbons (Fsp3) is 1.00. The summed E-state index contributed by atoms with van der Waals surface area (Å²) >= 11 is 0. The Morgan fingerprint density at radius 2 is 2.00 bits per heavy atom. The van der Waals surface area contributed by atoms with Gasteiger partial charge in [0.25, 0.3) is 0 Å². The first-order valence-corrected chi connectivity index (χ1v) is 6.53. The molecule has 17 heavy (non-hydrogen) atoms. The molecule has 102 valence electrons. The highest BCUT2D eigenvalue weighted by atomic mass is 16.5. The number of ether oxygens (including phenoxy) is 3. The van der Waals surface area contributed by atoms with E-state index in [1.54, 1.807) is 14.2 Å². The maximum absolute atomic E-state index is 5.47. The zero-order valence-electron chi connectivity index (χ0n) is 11.5. The molecule has 0 radical (unpaired) electrons. The second-order valence-electron chi connectivity index (χ2n) is 5.03. The van der Waals surface area contributed by atoms with E-state index in [-0.39, 0.29) is 0 Å². The monoisotopic (exact) mass is 245 g/mol. The molecule has 0 aliphatic carbocycles. The zero-order chi connectivity index (χ0) is 12.6. The van der Waals surface area contributed by atoms with Crippen molar-refractivity contribution in [2.24, 2.45) is 5.41 Å². The van der Waals surface area contributed by atoms with E-state index in [1.165, 1.54) is 0 Å². The zero-order valence-corrected chi connectivity index (χ0v) is 11.5. The van der Waals surface area contributed by atoms with Crippen molar-refractivity contribution < 1.29 is 14.2 Å². The molecule has 1 unspecified atom stereocenters. The molecule has 0 bridgehead atoms. The maximum Gasteiger partial charge on any atom is 0.0587 e. The number of hydrogen-bond acceptors (Lipinski definition) is 4. The number of methoxy groups -OCH3 is 2. The summed E-state index contributed by atoms with van der Waals surface area (Å²) in [4.78, 5) is 0. The highest BCUT2D eigenvalue weighted by molar-refractivity contribution is 4.86. The van der Waals surface area contributed by atoms with Crippen LogP contribution in [0.4, 0.5) is 0 Å². The van der Waals surface area contributed by atoms with Gasteiger partial charge in [-0.2, -0.15) is 0 Å². The second-order valence-corrected chi connectivity index (χ2v) is 5.03. The van der Waals surface area contributed by atoms with Crippen LogP contribution in [0.2, 0.25) is 0 Å². The number of nitrogens with one attached hydrogen (secondary N) is 1. The lowest BCUT2D eigenvalue weighted by molar-refractivity contribution is -0.0191. The summed E-state index contributed by atoms with van der Waals surface area (Å²) in [5, 5.41) is 3.49. The van der Waals surface area contributed by atoms with Crippen molar-refractivity contribution >= 4 is 0 Å². The SMILES string of the molecule is COCCNCC1(CC(C)OC)CCOCC1. The van der Waals surface area contributed by atoms with Gasteiger partial charge < -0.3 is 19.5 Å². The minimum Gasteiger partial charge on any atom is -0.383 e. The second kappa shape index (κ2) is 8.03. The predicted octanol–water partition coefficient (Wildman–Crippen LogP) is 1.44. The third-order valence-electron chi connectivity index (χ3n) is 3.66. The third kappa shape index (κ3) is 5.34. The first-order valence-electron chi connectivity index (χ1n) is 6.53. The Hall–Kier alpha value is -0.160. The van der Waals surface area contributed by atoms with Gasteiger partial charge in [-0.3, -0.25) is 0 Å². The molecule has 1 aliphatic heterocycles. The molecule has 0 spiro atoms. The summed E-state index contributed by atoms with van der Waals surface area (Å²) in [7, 11) is 3.52. The molecule has 0 aromatic carbocycles. The summed E-state index contributed by atoms with van der Waals surface area (Å²) in [5.74, 6) is 0. The summed E-state index contributed by atoms with van der Waals surface area (Å²) in [6.45, 7) is 6.62. The molecule has 4 heteroatoms. The Balaban J connectivity index is 2.40. The van der Waals surface area contributed by atoms with Crippen LogP contribution in [0, 0.1) is 5.41 Å². The lowest BCUT2D eigenvalue weighted by Gasteiger charge is -2.39. The average molecular weight is 245 g/mol. The first-order chi connectivity index (χ1) is 8.22. The highest BCUT2D eigenvalue weighted by Crippen LogP contribution is 2.35. The van der Waals surface area contributed by atoms with E-state index in [1.807, 2.05) is 0 Å². The van der Waals surface area contributed by atoms with Gasteiger partial charge in [-0.05, 0) is 31.6 Å². The standard InChI is InChI=1S/C13H27NO3/c1-12(16-3)10-13(4-7-17-8-5-13)11-14-6-9-15-2/h12,14H,4-11H2,1-3H3. The third-order valence-corrected chi connectivity index (χ3v) is 3.66. The van der Waals surface area contributed by atoms with Gasteiger partial charge in [0.1, 0.15) is 0 Å². The van der Waals surface area contributed by atoms with E-state index < -0.39 is 0 Å². The largest absolute Gasteiger partial charge is 0.383 e. The fourth-order valence-electron chi connectivity index (χ4n) is 2.48. The van der Waals surface area contributed by atoms with Crippen LogP contribution >= 0.6 is 0 Å². The Morgan fingerprint density at radius 1 is 1.29 bits per heavy atom. The quantitative estimate of drug-likeness (QED) is 0.657. The van der Waals surface area contributed by atoms with E-state index in [4.69, 9.17) is 14.2 Å². The predicted molar refractivity (Wildman–Crippen MR) is 68.3 cm³/mol. The van der Waals surface area contributed by atoms with Gasteiger partial charge in [-0.15, -0.1) is 0 Å². The Kier molecular flexibility index (Phi) is 7.04. The van der Waals surface area contributed by atoms with Gasteiger partial charge in [0, 0.05) is 40.5 Å². The van der Waals surface area contributed by atoms with E-state index in [0.717, 1.165) is 52.2 Å². The maximum atomic E-state index is 5.47. The van der Waals surface area contributed by atoms with Crippen molar-refractivity contribution in [2.75, 3.05) is 47.1 Å². The summed E-state index contributed by atoms with van der Waals surface area (Å²) in [6, 6.07) is 0. The van der Waals surface area contributed by atoms with Crippen LogP contribution in [0.3, 0.4) is 0 Å². The smallest absolute Gasteiger partial charge is 0.0587 e. The summed E-state index contributed by atoms with van der Waals surface area (Å²) in [5.41, 5.74) is 0.335. The summed E-state index contributed by atoms with van der Waals surface area (Å²) < 4.78 is 15.9. The molecule has 1 aliphatic rings. The van der Waals surface area contributed by atoms with E-state index in [9.17, 15) is 0 Å². The van der Waals surface area contributed by atoms with Crippen molar-refractivity contribution in [1.82, 2.24) is 5.32 Å². The van der Waals surface area contributed by atoms with E-state index >= 15 is 0 Å². The first kappa shape index (κ1) is 14.9. The molecule has 0 saturated carbocycles. The molecule has 0 aromatic heterocycles. The van der Waals surface area contributed by atoms with Gasteiger partial charge in [0.15, 0.2) is 0 Å². The van der Waals surface area contributed by atoms with Gasteiger partial charge in [-0.1, -0.05) is 0 Å². The Labute approximate surface area is 105 Å². The van der Waals surface area contributed by atoms with Crippen LogP contribution in [0.1, 0.15) is 26.2 Å². The topological polar surface area (TPSA) is 39.7 Å². The van der Waals surface area contributed by atoms with E-state index in [2.05, 4.69) is 12.2 Å². The van der Waals surface area contributed by atoms with Crippen LogP contribution < -0.4 is 5.32 Å². The van der Waals surface area contributed by atoms with Gasteiger partial charge in [0.2, 0.25) is 0 Å². The van der Waals surface area contributed by atoms with Gasteiger partial charge in [-0.25, -0.2) is 0 Å². The average Bonchev–Trinajstić information content (AvgIpc) is 2.36.